The minimum atomic E-state index is -1.03. The molecule has 1 saturated carbocycles. The summed E-state index contributed by atoms with van der Waals surface area (Å²) in [6.07, 6.45) is 0.491. The summed E-state index contributed by atoms with van der Waals surface area (Å²) in [5.41, 5.74) is 4.61. The van der Waals surface area contributed by atoms with E-state index in [9.17, 15) is 34.0 Å². The monoisotopic (exact) mass is 831 g/mol. The number of benzene rings is 3. The predicted octanol–water partition coefficient (Wildman–Crippen LogP) is 4.16. The quantitative estimate of drug-likeness (QED) is 0.342. The lowest BCUT2D eigenvalue weighted by molar-refractivity contribution is -0.199. The number of hydrogen-bond acceptors (Lipinski definition) is 10. The Balaban J connectivity index is 0.797. The molecule has 6 aliphatic rings. The van der Waals surface area contributed by atoms with Gasteiger partial charge in [-0.2, -0.15) is 5.26 Å². The van der Waals surface area contributed by atoms with E-state index in [4.69, 9.17) is 16.3 Å². The maximum atomic E-state index is 13.9. The number of carbonyl (C=O) groups excluding carboxylic acids is 6. The minimum Gasteiger partial charge on any atom is -0.489 e. The van der Waals surface area contributed by atoms with Crippen molar-refractivity contribution in [3.05, 3.63) is 92.5 Å². The summed E-state index contributed by atoms with van der Waals surface area (Å²) >= 11 is 6.30. The number of piperidine rings is 1. The highest BCUT2D eigenvalue weighted by Gasteiger charge is 2.67. The number of rotatable bonds is 7. The van der Waals surface area contributed by atoms with Gasteiger partial charge in [0.2, 0.25) is 17.7 Å². The average Bonchev–Trinajstić information content (AvgIpc) is 3.65. The summed E-state index contributed by atoms with van der Waals surface area (Å²) in [7, 11) is 0. The number of nitrogens with one attached hydrogen (secondary N) is 1. The van der Waals surface area contributed by atoms with Crippen LogP contribution >= 0.6 is 11.6 Å². The second kappa shape index (κ2) is 14.4. The molecule has 310 valence electrons. The molecular weight excluding hydrogens is 786 g/mol. The number of amides is 6. The topological polar surface area (TPSA) is 164 Å². The lowest BCUT2D eigenvalue weighted by Crippen LogP contribution is -2.74. The van der Waals surface area contributed by atoms with Crippen molar-refractivity contribution < 1.29 is 33.5 Å². The van der Waals surface area contributed by atoms with E-state index in [2.05, 4.69) is 54.9 Å². The van der Waals surface area contributed by atoms with Crippen molar-refractivity contribution in [3.8, 4) is 11.8 Å². The van der Waals surface area contributed by atoms with Crippen molar-refractivity contribution in [3.63, 3.8) is 0 Å². The molecule has 14 nitrogen and oxygen atoms in total. The Hall–Kier alpha value is -5.78. The molecule has 1 aliphatic carbocycles. The Labute approximate surface area is 352 Å². The molecule has 1 N–H and O–H groups in total. The van der Waals surface area contributed by atoms with Gasteiger partial charge in [-0.15, -0.1) is 0 Å². The van der Waals surface area contributed by atoms with Crippen LogP contribution in [0, 0.1) is 22.2 Å². The van der Waals surface area contributed by atoms with Crippen molar-refractivity contribution >= 4 is 52.7 Å². The summed E-state index contributed by atoms with van der Waals surface area (Å²) in [5.74, 6) is -1.55. The number of ether oxygens (including phenoxy) is 1. The second-order valence-electron chi connectivity index (χ2n) is 18.0. The molecule has 0 spiro atoms. The number of carbonyl (C=O) groups is 6. The summed E-state index contributed by atoms with van der Waals surface area (Å²) < 4.78 is 6.48. The van der Waals surface area contributed by atoms with Crippen LogP contribution in [0.1, 0.15) is 93.9 Å². The van der Waals surface area contributed by atoms with Gasteiger partial charge in [-0.25, -0.2) is 0 Å². The van der Waals surface area contributed by atoms with Crippen molar-refractivity contribution in [2.75, 3.05) is 44.2 Å². The van der Waals surface area contributed by atoms with Gasteiger partial charge >= 0.3 is 0 Å². The number of halogens is 1. The third-order valence-electron chi connectivity index (χ3n) is 13.5. The van der Waals surface area contributed by atoms with E-state index in [0.717, 1.165) is 40.4 Å². The Morgan fingerprint density at radius 2 is 1.52 bits per heavy atom. The molecule has 0 radical (unpaired) electrons. The number of fused-ring (bicyclic) bond motifs is 3. The second-order valence-corrected chi connectivity index (χ2v) is 18.4. The van der Waals surface area contributed by atoms with E-state index >= 15 is 0 Å². The molecule has 1 unspecified atom stereocenters. The number of hydrogen-bond donors (Lipinski definition) is 1. The van der Waals surface area contributed by atoms with Gasteiger partial charge in [-0.1, -0.05) is 39.3 Å². The van der Waals surface area contributed by atoms with Gasteiger partial charge in [-0.3, -0.25) is 43.9 Å². The molecule has 6 amide bonds. The van der Waals surface area contributed by atoms with E-state index in [1.54, 1.807) is 35.2 Å². The largest absolute Gasteiger partial charge is 0.489 e. The van der Waals surface area contributed by atoms with E-state index in [1.807, 2.05) is 17.0 Å². The molecule has 3 fully saturated rings. The van der Waals surface area contributed by atoms with E-state index in [-0.39, 0.29) is 65.3 Å². The Morgan fingerprint density at radius 1 is 0.817 bits per heavy atom. The minimum absolute atomic E-state index is 0.00603. The fourth-order valence-electron chi connectivity index (χ4n) is 10.9. The van der Waals surface area contributed by atoms with E-state index in [1.165, 1.54) is 0 Å². The third kappa shape index (κ3) is 6.41. The first-order valence-corrected chi connectivity index (χ1v) is 20.9. The van der Waals surface area contributed by atoms with Gasteiger partial charge in [0, 0.05) is 86.4 Å². The van der Waals surface area contributed by atoms with Crippen LogP contribution in [-0.4, -0.2) is 112 Å². The smallest absolute Gasteiger partial charge is 0.262 e. The summed E-state index contributed by atoms with van der Waals surface area (Å²) in [6.45, 7) is 12.9. The first-order chi connectivity index (χ1) is 28.6. The molecule has 9 rings (SSSR count). The number of piperazine rings is 1. The summed E-state index contributed by atoms with van der Waals surface area (Å²) in [6, 6.07) is 15.6. The molecule has 0 bridgehead atoms. The fourth-order valence-corrected chi connectivity index (χ4v) is 11.2. The normalized spacial score (nSPS) is 24.4. The molecule has 5 aliphatic heterocycles. The van der Waals surface area contributed by atoms with E-state index in [0.29, 0.717) is 61.0 Å². The zero-order chi connectivity index (χ0) is 42.4. The van der Waals surface area contributed by atoms with Crippen LogP contribution < -0.4 is 15.0 Å². The Bertz CT molecular complexity index is 2440. The van der Waals surface area contributed by atoms with Crippen LogP contribution in [0.4, 0.5) is 5.69 Å². The van der Waals surface area contributed by atoms with Gasteiger partial charge < -0.3 is 19.4 Å². The number of nitriles is 1. The van der Waals surface area contributed by atoms with Crippen molar-refractivity contribution in [1.82, 2.24) is 24.9 Å². The van der Waals surface area contributed by atoms with Crippen LogP contribution in [0.2, 0.25) is 5.02 Å². The van der Waals surface area contributed by atoms with Gasteiger partial charge in [0.25, 0.3) is 17.7 Å². The van der Waals surface area contributed by atoms with Crippen molar-refractivity contribution in [2.24, 2.45) is 10.8 Å². The maximum absolute atomic E-state index is 13.9. The van der Waals surface area contributed by atoms with Gasteiger partial charge in [0.1, 0.15) is 24.0 Å². The van der Waals surface area contributed by atoms with Crippen molar-refractivity contribution in [2.45, 2.75) is 78.2 Å². The van der Waals surface area contributed by atoms with Crippen LogP contribution in [-0.2, 0) is 33.9 Å². The number of nitrogens with zero attached hydrogens (tertiary/aromatic N) is 6. The zero-order valence-electron chi connectivity index (χ0n) is 34.0. The third-order valence-corrected chi connectivity index (χ3v) is 13.8. The highest BCUT2D eigenvalue weighted by molar-refractivity contribution is 6.31. The van der Waals surface area contributed by atoms with Gasteiger partial charge in [0.05, 0.1) is 28.3 Å². The van der Waals surface area contributed by atoms with Crippen LogP contribution in [0.15, 0.2) is 48.5 Å². The predicted molar refractivity (Wildman–Crippen MR) is 219 cm³/mol. The molecule has 3 aromatic rings. The molecule has 2 saturated heterocycles. The standard InChI is InChI=1S/C45H46ClN7O7/c1-44(2)42(45(3,4)43(44)60-30-7-5-26(21-47)34(46)20-30)52-23-28-17-29(6-8-31(28)39(52)57)50-15-13-49(14-16-50)24-37(55)51-12-11-25-18-32-33(19-27(25)22-51)41(59)53(40(32)58)35-9-10-36(54)48-38(35)56/h5-8,17-20,35,42-43H,9-16,22-24H2,1-4H3,(H,48,54,56). The molecule has 3 aromatic carbocycles. The zero-order valence-corrected chi connectivity index (χ0v) is 34.8. The summed E-state index contributed by atoms with van der Waals surface area (Å²) in [4.78, 5) is 87.6. The number of anilines is 1. The Morgan fingerprint density at radius 3 is 2.18 bits per heavy atom. The highest BCUT2D eigenvalue weighted by Crippen LogP contribution is 2.59. The highest BCUT2D eigenvalue weighted by atomic mass is 35.5. The molecule has 0 aromatic heterocycles. The van der Waals surface area contributed by atoms with Crippen LogP contribution in [0.5, 0.6) is 5.75 Å². The molecule has 15 heteroatoms. The average molecular weight is 832 g/mol. The van der Waals surface area contributed by atoms with Gasteiger partial charge in [-0.05, 0) is 72.0 Å². The van der Waals surface area contributed by atoms with Gasteiger partial charge in [0.15, 0.2) is 0 Å². The number of imide groups is 2. The SMILES string of the molecule is CC1(C)C(Oc2ccc(C#N)c(Cl)c2)C(C)(C)C1N1Cc2cc(N3CCN(CC(=O)N4CCc5cc6c(cc5C4)C(=O)N(C4CCC(=O)NC4=O)C6=O)CC3)ccc2C1=O. The van der Waals surface area contributed by atoms with Crippen LogP contribution in [0.25, 0.3) is 0 Å². The first-order valence-electron chi connectivity index (χ1n) is 20.5. The molecule has 60 heavy (non-hydrogen) atoms. The first kappa shape index (κ1) is 39.7. The Kier molecular flexibility index (Phi) is 9.55. The van der Waals surface area contributed by atoms with Crippen LogP contribution in [0.3, 0.4) is 0 Å². The van der Waals surface area contributed by atoms with E-state index < -0.39 is 29.7 Å². The molecule has 1 atom stereocenters. The summed E-state index contributed by atoms with van der Waals surface area (Å²) in [5, 5.41) is 11.8. The lowest BCUT2D eigenvalue weighted by Gasteiger charge is -2.65. The molecule has 5 heterocycles. The lowest BCUT2D eigenvalue weighted by atomic mass is 9.49. The maximum Gasteiger partial charge on any atom is 0.262 e. The fraction of sp³-hybridized carbons (Fsp3) is 0.444. The molecular formula is C45H46ClN7O7. The van der Waals surface area contributed by atoms with Crippen molar-refractivity contribution in [1.29, 1.82) is 5.26 Å².